The van der Waals surface area contributed by atoms with Crippen molar-refractivity contribution >= 4 is 5.69 Å². The summed E-state index contributed by atoms with van der Waals surface area (Å²) >= 11 is 0. The minimum atomic E-state index is 0.243. The van der Waals surface area contributed by atoms with Gasteiger partial charge in [0.1, 0.15) is 6.07 Å². The maximum atomic E-state index is 9.26. The number of nitrogens with one attached hydrogen (secondary N) is 1. The Hall–Kier alpha value is -1.56. The SMILES string of the molecule is CCCCCC(C)(C)CNc1cc(C)nc(C)c1C#N. The molecule has 0 aliphatic heterocycles. The molecule has 0 saturated carbocycles. The number of pyridine rings is 1. The first kappa shape index (κ1) is 16.5. The third kappa shape index (κ3) is 4.85. The monoisotopic (exact) mass is 273 g/mol. The first-order valence-electron chi connectivity index (χ1n) is 7.52. The molecule has 3 nitrogen and oxygen atoms in total. The van der Waals surface area contributed by atoms with E-state index < -0.39 is 0 Å². The van der Waals surface area contributed by atoms with Gasteiger partial charge >= 0.3 is 0 Å². The quantitative estimate of drug-likeness (QED) is 0.739. The van der Waals surface area contributed by atoms with Crippen LogP contribution in [0.2, 0.25) is 0 Å². The van der Waals surface area contributed by atoms with Gasteiger partial charge in [0, 0.05) is 12.2 Å². The molecule has 0 bridgehead atoms. The minimum Gasteiger partial charge on any atom is -0.383 e. The highest BCUT2D eigenvalue weighted by Gasteiger charge is 2.18. The second-order valence-electron chi connectivity index (χ2n) is 6.36. The molecule has 1 rings (SSSR count). The third-order valence-electron chi connectivity index (χ3n) is 3.65. The van der Waals surface area contributed by atoms with E-state index in [0.717, 1.165) is 23.6 Å². The molecule has 20 heavy (non-hydrogen) atoms. The Morgan fingerprint density at radius 1 is 1.30 bits per heavy atom. The van der Waals surface area contributed by atoms with Crippen LogP contribution in [0, 0.1) is 30.6 Å². The summed E-state index contributed by atoms with van der Waals surface area (Å²) in [5.74, 6) is 0. The van der Waals surface area contributed by atoms with Crippen molar-refractivity contribution in [1.82, 2.24) is 4.98 Å². The standard InChI is InChI=1S/C17H27N3/c1-6-7-8-9-17(4,5)12-19-16-10-13(2)20-14(3)15(16)11-18/h10H,6-9,12H2,1-5H3,(H,19,20). The van der Waals surface area contributed by atoms with E-state index in [1.165, 1.54) is 25.7 Å². The minimum absolute atomic E-state index is 0.243. The van der Waals surface area contributed by atoms with Gasteiger partial charge < -0.3 is 5.32 Å². The zero-order valence-electron chi connectivity index (χ0n) is 13.5. The van der Waals surface area contributed by atoms with Crippen LogP contribution >= 0.6 is 0 Å². The highest BCUT2D eigenvalue weighted by molar-refractivity contribution is 5.59. The number of nitrogens with zero attached hydrogens (tertiary/aromatic N) is 2. The van der Waals surface area contributed by atoms with Crippen LogP contribution < -0.4 is 5.32 Å². The van der Waals surface area contributed by atoms with Crippen LogP contribution in [0.1, 0.15) is 63.4 Å². The highest BCUT2D eigenvalue weighted by atomic mass is 14.9. The number of hydrogen-bond donors (Lipinski definition) is 1. The summed E-state index contributed by atoms with van der Waals surface area (Å²) in [5, 5.41) is 12.7. The van der Waals surface area contributed by atoms with Crippen molar-refractivity contribution in [3.8, 4) is 6.07 Å². The molecule has 0 atom stereocenters. The van der Waals surface area contributed by atoms with Crippen molar-refractivity contribution in [1.29, 1.82) is 5.26 Å². The smallest absolute Gasteiger partial charge is 0.103 e. The second kappa shape index (κ2) is 7.28. The average molecular weight is 273 g/mol. The van der Waals surface area contributed by atoms with Gasteiger partial charge in [-0.05, 0) is 31.7 Å². The highest BCUT2D eigenvalue weighted by Crippen LogP contribution is 2.26. The van der Waals surface area contributed by atoms with Gasteiger partial charge in [-0.25, -0.2) is 0 Å². The van der Waals surface area contributed by atoms with Gasteiger partial charge in [0.25, 0.3) is 0 Å². The van der Waals surface area contributed by atoms with Crippen molar-refractivity contribution in [2.24, 2.45) is 5.41 Å². The fourth-order valence-electron chi connectivity index (χ4n) is 2.39. The van der Waals surface area contributed by atoms with Crippen LogP contribution in [0.25, 0.3) is 0 Å². The van der Waals surface area contributed by atoms with Crippen molar-refractivity contribution in [2.75, 3.05) is 11.9 Å². The van der Waals surface area contributed by atoms with Gasteiger partial charge in [0.2, 0.25) is 0 Å². The third-order valence-corrected chi connectivity index (χ3v) is 3.65. The number of rotatable bonds is 7. The maximum absolute atomic E-state index is 9.26. The second-order valence-corrected chi connectivity index (χ2v) is 6.36. The van der Waals surface area contributed by atoms with E-state index in [0.29, 0.717) is 5.56 Å². The molecule has 110 valence electrons. The Bertz CT molecular complexity index is 484. The Morgan fingerprint density at radius 2 is 2.00 bits per heavy atom. The molecular formula is C17H27N3. The summed E-state index contributed by atoms with van der Waals surface area (Å²) < 4.78 is 0. The molecule has 0 radical (unpaired) electrons. The molecule has 1 aromatic rings. The summed E-state index contributed by atoms with van der Waals surface area (Å²) in [6.45, 7) is 11.5. The fourth-order valence-corrected chi connectivity index (χ4v) is 2.39. The summed E-state index contributed by atoms with van der Waals surface area (Å²) in [5.41, 5.74) is 3.58. The van der Waals surface area contributed by atoms with Crippen LogP contribution in [-0.4, -0.2) is 11.5 Å². The molecule has 0 spiro atoms. The number of unbranched alkanes of at least 4 members (excludes halogenated alkanes) is 2. The van der Waals surface area contributed by atoms with Gasteiger partial charge in [0.15, 0.2) is 0 Å². The van der Waals surface area contributed by atoms with E-state index in [9.17, 15) is 5.26 Å². The Balaban J connectivity index is 2.72. The molecule has 0 aliphatic carbocycles. The van der Waals surface area contributed by atoms with Gasteiger partial charge in [-0.1, -0.05) is 40.0 Å². The molecule has 0 amide bonds. The molecule has 1 N–H and O–H groups in total. The van der Waals surface area contributed by atoms with Gasteiger partial charge in [-0.3, -0.25) is 4.98 Å². The lowest BCUT2D eigenvalue weighted by Gasteiger charge is -2.26. The van der Waals surface area contributed by atoms with Crippen LogP contribution in [0.4, 0.5) is 5.69 Å². The van der Waals surface area contributed by atoms with E-state index >= 15 is 0 Å². The van der Waals surface area contributed by atoms with E-state index in [2.05, 4.69) is 37.1 Å². The number of hydrogen-bond acceptors (Lipinski definition) is 3. The molecule has 0 saturated heterocycles. The van der Waals surface area contributed by atoms with Crippen molar-refractivity contribution in [3.63, 3.8) is 0 Å². The maximum Gasteiger partial charge on any atom is 0.103 e. The molecule has 0 aromatic carbocycles. The summed E-state index contributed by atoms with van der Waals surface area (Å²) in [4.78, 5) is 4.35. The van der Waals surface area contributed by atoms with E-state index in [1.54, 1.807) is 0 Å². The molecule has 1 heterocycles. The predicted octanol–water partition coefficient (Wildman–Crippen LogP) is 4.59. The largest absolute Gasteiger partial charge is 0.383 e. The van der Waals surface area contributed by atoms with Crippen LogP contribution in [0.3, 0.4) is 0 Å². The van der Waals surface area contributed by atoms with Crippen LogP contribution in [-0.2, 0) is 0 Å². The zero-order chi connectivity index (χ0) is 15.2. The van der Waals surface area contributed by atoms with E-state index in [1.807, 2.05) is 19.9 Å². The number of aryl methyl sites for hydroxylation is 2. The number of nitriles is 1. The summed E-state index contributed by atoms with van der Waals surface area (Å²) in [7, 11) is 0. The van der Waals surface area contributed by atoms with E-state index in [-0.39, 0.29) is 5.41 Å². The molecule has 0 aliphatic rings. The molecular weight excluding hydrogens is 246 g/mol. The molecule has 3 heteroatoms. The van der Waals surface area contributed by atoms with Crippen molar-refractivity contribution in [3.05, 3.63) is 23.0 Å². The molecule has 1 aromatic heterocycles. The Morgan fingerprint density at radius 3 is 2.60 bits per heavy atom. The average Bonchev–Trinajstić information content (AvgIpc) is 2.36. The summed E-state index contributed by atoms with van der Waals surface area (Å²) in [6.07, 6.45) is 5.02. The first-order valence-corrected chi connectivity index (χ1v) is 7.52. The molecule has 0 unspecified atom stereocenters. The van der Waals surface area contributed by atoms with Crippen LogP contribution in [0.15, 0.2) is 6.07 Å². The van der Waals surface area contributed by atoms with Gasteiger partial charge in [-0.15, -0.1) is 0 Å². The van der Waals surface area contributed by atoms with Gasteiger partial charge in [-0.2, -0.15) is 5.26 Å². The van der Waals surface area contributed by atoms with Crippen LogP contribution in [0.5, 0.6) is 0 Å². The topological polar surface area (TPSA) is 48.7 Å². The van der Waals surface area contributed by atoms with E-state index in [4.69, 9.17) is 0 Å². The fraction of sp³-hybridized carbons (Fsp3) is 0.647. The zero-order valence-corrected chi connectivity index (χ0v) is 13.5. The first-order chi connectivity index (χ1) is 9.39. The van der Waals surface area contributed by atoms with Gasteiger partial charge in [0.05, 0.1) is 16.9 Å². The molecule has 0 fully saturated rings. The van der Waals surface area contributed by atoms with Crippen molar-refractivity contribution in [2.45, 2.75) is 60.3 Å². The summed E-state index contributed by atoms with van der Waals surface area (Å²) in [6, 6.07) is 4.22. The number of aromatic nitrogens is 1. The number of anilines is 1. The van der Waals surface area contributed by atoms with Crippen molar-refractivity contribution < 1.29 is 0 Å². The predicted molar refractivity (Wildman–Crippen MR) is 84.8 cm³/mol. The lowest BCUT2D eigenvalue weighted by Crippen LogP contribution is -2.23. The lowest BCUT2D eigenvalue weighted by atomic mass is 9.86. The Kier molecular flexibility index (Phi) is 6.01. The Labute approximate surface area is 123 Å². The normalized spacial score (nSPS) is 11.2. The lowest BCUT2D eigenvalue weighted by molar-refractivity contribution is 0.342.